The highest BCUT2D eigenvalue weighted by Gasteiger charge is 2.05. The van der Waals surface area contributed by atoms with Gasteiger partial charge in [0.15, 0.2) is 0 Å². The molecule has 0 heterocycles. The zero-order valence-corrected chi connectivity index (χ0v) is 8.73. The Bertz CT molecular complexity index is 406. The predicted octanol–water partition coefficient (Wildman–Crippen LogP) is 4.26. The Hall–Kier alpha value is -0.980. The molecule has 0 aliphatic carbocycles. The van der Waals surface area contributed by atoms with Gasteiger partial charge in [-0.05, 0) is 24.3 Å². The van der Waals surface area contributed by atoms with Crippen molar-refractivity contribution in [2.45, 2.75) is 0 Å². The van der Waals surface area contributed by atoms with Crippen LogP contribution in [0.2, 0.25) is 10.0 Å². The Morgan fingerprint density at radius 2 is 1.21 bits per heavy atom. The van der Waals surface area contributed by atoms with Gasteiger partial charge in [-0.3, -0.25) is 0 Å². The van der Waals surface area contributed by atoms with Crippen molar-refractivity contribution in [1.29, 1.82) is 0 Å². The van der Waals surface area contributed by atoms with Gasteiger partial charge >= 0.3 is 0 Å². The molecule has 0 bridgehead atoms. The second-order valence-electron chi connectivity index (χ2n) is 2.81. The molecule has 0 atom stereocenters. The van der Waals surface area contributed by atoms with Crippen LogP contribution in [0.4, 0.5) is 0 Å². The van der Waals surface area contributed by atoms with Gasteiger partial charge in [-0.15, -0.1) is 0 Å². The summed E-state index contributed by atoms with van der Waals surface area (Å²) in [7, 11) is 0. The second kappa shape index (κ2) is 4.04. The van der Waals surface area contributed by atoms with Crippen LogP contribution >= 0.6 is 23.2 Å². The van der Waals surface area contributed by atoms with E-state index in [1.165, 1.54) is 0 Å². The largest absolute Gasteiger partial charge is 0.0836 e. The molecule has 14 heavy (non-hydrogen) atoms. The minimum atomic E-state index is 0.653. The molecule has 0 aromatic heterocycles. The van der Waals surface area contributed by atoms with E-state index in [-0.39, 0.29) is 0 Å². The lowest BCUT2D eigenvalue weighted by Gasteiger charge is -2.05. The van der Waals surface area contributed by atoms with E-state index in [0.29, 0.717) is 10.0 Å². The van der Waals surface area contributed by atoms with Crippen LogP contribution in [0.5, 0.6) is 0 Å². The first-order chi connectivity index (χ1) is 6.79. The maximum atomic E-state index is 6.03. The van der Waals surface area contributed by atoms with Crippen molar-refractivity contribution in [3.8, 4) is 11.1 Å². The van der Waals surface area contributed by atoms with Crippen LogP contribution in [-0.2, 0) is 0 Å². The Morgan fingerprint density at radius 3 is 1.57 bits per heavy atom. The van der Waals surface area contributed by atoms with Gasteiger partial charge in [0.25, 0.3) is 0 Å². The quantitative estimate of drug-likeness (QED) is 0.674. The maximum absolute atomic E-state index is 6.03. The van der Waals surface area contributed by atoms with Crippen LogP contribution in [0.15, 0.2) is 36.4 Å². The molecule has 2 radical (unpaired) electrons. The van der Waals surface area contributed by atoms with Crippen LogP contribution < -0.4 is 0 Å². The molecule has 0 unspecified atom stereocenters. The fourth-order valence-electron chi connectivity index (χ4n) is 1.26. The van der Waals surface area contributed by atoms with E-state index in [9.17, 15) is 0 Å². The van der Waals surface area contributed by atoms with Crippen molar-refractivity contribution in [1.82, 2.24) is 0 Å². The first kappa shape index (κ1) is 9.57. The summed E-state index contributed by atoms with van der Waals surface area (Å²) in [6, 6.07) is 16.7. The van der Waals surface area contributed by atoms with E-state index in [2.05, 4.69) is 12.1 Å². The van der Waals surface area contributed by atoms with Gasteiger partial charge < -0.3 is 0 Å². The fraction of sp³-hybridized carbons (Fsp3) is 0. The summed E-state index contributed by atoms with van der Waals surface area (Å²) >= 11 is 12.1. The van der Waals surface area contributed by atoms with E-state index in [0.717, 1.165) is 11.1 Å². The smallest absolute Gasteiger partial charge is 0.0491 e. The summed E-state index contributed by atoms with van der Waals surface area (Å²) in [6.07, 6.45) is 0. The van der Waals surface area contributed by atoms with Gasteiger partial charge in [-0.25, -0.2) is 0 Å². The van der Waals surface area contributed by atoms with E-state index < -0.39 is 0 Å². The molecular formula is C12H6Cl2. The predicted molar refractivity (Wildman–Crippen MR) is 59.6 cm³/mol. The molecule has 0 amide bonds. The molecule has 0 N–H and O–H groups in total. The van der Waals surface area contributed by atoms with Crippen molar-refractivity contribution in [2.24, 2.45) is 0 Å². The molecule has 2 aromatic rings. The Kier molecular flexibility index (Phi) is 2.76. The van der Waals surface area contributed by atoms with Crippen LogP contribution in [-0.4, -0.2) is 0 Å². The molecule has 0 aliphatic rings. The zero-order chi connectivity index (χ0) is 9.97. The maximum Gasteiger partial charge on any atom is 0.0491 e. The lowest BCUT2D eigenvalue weighted by Crippen LogP contribution is -1.80. The third-order valence-corrected chi connectivity index (χ3v) is 2.54. The number of benzene rings is 2. The number of hydrogen-bond donors (Lipinski definition) is 0. The van der Waals surface area contributed by atoms with Crippen molar-refractivity contribution in [3.05, 3.63) is 58.6 Å². The van der Waals surface area contributed by atoms with E-state index >= 15 is 0 Å². The molecule has 0 saturated heterocycles. The fourth-order valence-corrected chi connectivity index (χ4v) is 1.71. The van der Waals surface area contributed by atoms with Gasteiger partial charge in [-0.2, -0.15) is 0 Å². The van der Waals surface area contributed by atoms with E-state index in [4.69, 9.17) is 23.2 Å². The molecular weight excluding hydrogens is 215 g/mol. The lowest BCUT2D eigenvalue weighted by atomic mass is 10.1. The van der Waals surface area contributed by atoms with Gasteiger partial charge in [0, 0.05) is 21.2 Å². The topological polar surface area (TPSA) is 0 Å². The summed E-state index contributed by atoms with van der Waals surface area (Å²) in [6.45, 7) is 0. The zero-order valence-electron chi connectivity index (χ0n) is 7.22. The number of halogens is 2. The molecule has 0 spiro atoms. The molecule has 0 saturated carbocycles. The van der Waals surface area contributed by atoms with Crippen molar-refractivity contribution in [3.63, 3.8) is 0 Å². The minimum absolute atomic E-state index is 0.653. The monoisotopic (exact) mass is 220 g/mol. The average molecular weight is 221 g/mol. The molecule has 0 nitrogen and oxygen atoms in total. The highest BCUT2D eigenvalue weighted by atomic mass is 35.5. The van der Waals surface area contributed by atoms with Gasteiger partial charge in [-0.1, -0.05) is 47.5 Å². The summed E-state index contributed by atoms with van der Waals surface area (Å²) in [5.74, 6) is 0. The van der Waals surface area contributed by atoms with Crippen LogP contribution in [0.25, 0.3) is 11.1 Å². The van der Waals surface area contributed by atoms with Gasteiger partial charge in [0.1, 0.15) is 0 Å². The third-order valence-electron chi connectivity index (χ3n) is 1.92. The molecule has 0 aliphatic heterocycles. The molecule has 2 heteroatoms. The van der Waals surface area contributed by atoms with Crippen molar-refractivity contribution in [2.75, 3.05) is 0 Å². The summed E-state index contributed by atoms with van der Waals surface area (Å²) in [4.78, 5) is 0. The molecule has 68 valence electrons. The average Bonchev–Trinajstić information content (AvgIpc) is 2.20. The third kappa shape index (κ3) is 1.77. The Labute approximate surface area is 93.1 Å². The minimum Gasteiger partial charge on any atom is -0.0836 e. The first-order valence-electron chi connectivity index (χ1n) is 4.10. The standard InChI is InChI=1S/C12H6Cl2/c13-11-7-3-1-5-9(11)10-6-2-4-8-12(10)14/h1-2,5-8H. The summed E-state index contributed by atoms with van der Waals surface area (Å²) < 4.78 is 0. The van der Waals surface area contributed by atoms with Crippen molar-refractivity contribution < 1.29 is 0 Å². The van der Waals surface area contributed by atoms with Crippen LogP contribution in [0.1, 0.15) is 0 Å². The summed E-state index contributed by atoms with van der Waals surface area (Å²) in [5, 5.41) is 1.31. The Morgan fingerprint density at radius 1 is 0.786 bits per heavy atom. The SMILES string of the molecule is Clc1c[c]ccc1-c1cc[c]cc1Cl. The van der Waals surface area contributed by atoms with E-state index in [1.54, 1.807) is 12.1 Å². The summed E-state index contributed by atoms with van der Waals surface area (Å²) in [5.41, 5.74) is 1.84. The van der Waals surface area contributed by atoms with Crippen molar-refractivity contribution >= 4 is 23.2 Å². The second-order valence-corrected chi connectivity index (χ2v) is 3.63. The van der Waals surface area contributed by atoms with Gasteiger partial charge in [0.2, 0.25) is 0 Å². The highest BCUT2D eigenvalue weighted by Crippen LogP contribution is 2.32. The van der Waals surface area contributed by atoms with Crippen LogP contribution in [0.3, 0.4) is 0 Å². The normalized spacial score (nSPS) is 10.1. The van der Waals surface area contributed by atoms with Gasteiger partial charge in [0.05, 0.1) is 0 Å². The first-order valence-corrected chi connectivity index (χ1v) is 4.86. The number of hydrogen-bond acceptors (Lipinski definition) is 0. The van der Waals surface area contributed by atoms with Crippen LogP contribution in [0, 0.1) is 12.1 Å². The molecule has 2 rings (SSSR count). The van der Waals surface area contributed by atoms with E-state index in [1.807, 2.05) is 24.3 Å². The molecule has 2 aromatic carbocycles. The number of rotatable bonds is 1. The Balaban J connectivity index is 2.61. The lowest BCUT2D eigenvalue weighted by molar-refractivity contribution is 1.60. The highest BCUT2D eigenvalue weighted by molar-refractivity contribution is 6.36. The molecule has 0 fully saturated rings.